The number of ether oxygens (including phenoxy) is 3. The molecule has 0 bridgehead atoms. The average molecular weight is 205 g/mol. The van der Waals surface area contributed by atoms with Gasteiger partial charge in [0.1, 0.15) is 0 Å². The summed E-state index contributed by atoms with van der Waals surface area (Å²) in [7, 11) is 3.34. The van der Waals surface area contributed by atoms with Crippen molar-refractivity contribution in [2.24, 2.45) is 5.73 Å². The first-order valence-electron chi connectivity index (χ1n) is 4.89. The minimum atomic E-state index is -0.120. The third kappa shape index (κ3) is 7.26. The van der Waals surface area contributed by atoms with Crippen LogP contribution in [0.4, 0.5) is 0 Å². The molecular formula is C10H23NO3. The number of nitrogens with two attached hydrogens (primary N) is 1. The summed E-state index contributed by atoms with van der Waals surface area (Å²) >= 11 is 0. The zero-order valence-electron chi connectivity index (χ0n) is 9.71. The average Bonchev–Trinajstić information content (AvgIpc) is 2.13. The van der Waals surface area contributed by atoms with Gasteiger partial charge in [0, 0.05) is 20.8 Å². The number of hydrogen-bond acceptors (Lipinski definition) is 4. The lowest BCUT2D eigenvalue weighted by Gasteiger charge is -2.22. The van der Waals surface area contributed by atoms with E-state index < -0.39 is 0 Å². The summed E-state index contributed by atoms with van der Waals surface area (Å²) in [6.07, 6.45) is 0.864. The monoisotopic (exact) mass is 205 g/mol. The van der Waals surface area contributed by atoms with Crippen LogP contribution in [0.3, 0.4) is 0 Å². The molecule has 0 amide bonds. The summed E-state index contributed by atoms with van der Waals surface area (Å²) in [6.45, 7) is 5.80. The van der Waals surface area contributed by atoms with Gasteiger partial charge in [-0.2, -0.15) is 0 Å². The van der Waals surface area contributed by atoms with E-state index in [0.717, 1.165) is 6.42 Å². The lowest BCUT2D eigenvalue weighted by atomic mass is 10.1. The van der Waals surface area contributed by atoms with Crippen LogP contribution in [0.15, 0.2) is 0 Å². The molecule has 14 heavy (non-hydrogen) atoms. The molecule has 0 aliphatic carbocycles. The van der Waals surface area contributed by atoms with E-state index in [1.165, 1.54) is 0 Å². The van der Waals surface area contributed by atoms with E-state index in [0.29, 0.717) is 19.8 Å². The topological polar surface area (TPSA) is 53.7 Å². The number of rotatable bonds is 8. The summed E-state index contributed by atoms with van der Waals surface area (Å²) in [4.78, 5) is 0. The zero-order chi connectivity index (χ0) is 11.0. The summed E-state index contributed by atoms with van der Waals surface area (Å²) in [5, 5.41) is 0. The minimum Gasteiger partial charge on any atom is -0.383 e. The Hall–Kier alpha value is -0.160. The molecule has 4 heteroatoms. The number of methoxy groups -OCH3 is 2. The van der Waals surface area contributed by atoms with E-state index in [1.54, 1.807) is 14.2 Å². The molecule has 0 aromatic rings. The van der Waals surface area contributed by atoms with Crippen LogP contribution < -0.4 is 5.73 Å². The van der Waals surface area contributed by atoms with Gasteiger partial charge in [-0.05, 0) is 20.3 Å². The minimum absolute atomic E-state index is 0.0364. The standard InChI is InChI=1S/C10H23NO3/c1-10(2,13-4)5-6-14-8-9(11)7-12-3/h9H,5-8,11H2,1-4H3. The molecule has 0 aliphatic heterocycles. The molecule has 0 saturated carbocycles. The van der Waals surface area contributed by atoms with Crippen molar-refractivity contribution < 1.29 is 14.2 Å². The van der Waals surface area contributed by atoms with Crippen LogP contribution in [-0.2, 0) is 14.2 Å². The predicted molar refractivity (Wildman–Crippen MR) is 56.4 cm³/mol. The Morgan fingerprint density at radius 3 is 2.36 bits per heavy atom. The largest absolute Gasteiger partial charge is 0.383 e. The molecule has 2 N–H and O–H groups in total. The third-order valence-electron chi connectivity index (χ3n) is 2.11. The molecule has 0 aliphatic rings. The van der Waals surface area contributed by atoms with Gasteiger partial charge in [-0.3, -0.25) is 0 Å². The van der Waals surface area contributed by atoms with Gasteiger partial charge < -0.3 is 19.9 Å². The van der Waals surface area contributed by atoms with Gasteiger partial charge in [-0.1, -0.05) is 0 Å². The maximum Gasteiger partial charge on any atom is 0.0644 e. The highest BCUT2D eigenvalue weighted by molar-refractivity contribution is 4.67. The molecule has 4 nitrogen and oxygen atoms in total. The van der Waals surface area contributed by atoms with Crippen molar-refractivity contribution in [3.05, 3.63) is 0 Å². The van der Waals surface area contributed by atoms with Gasteiger partial charge in [0.05, 0.1) is 24.9 Å². The fraction of sp³-hybridized carbons (Fsp3) is 1.00. The van der Waals surface area contributed by atoms with Crippen LogP contribution in [0.25, 0.3) is 0 Å². The maximum atomic E-state index is 5.69. The first kappa shape index (κ1) is 13.8. The molecule has 0 aromatic heterocycles. The van der Waals surface area contributed by atoms with Crippen molar-refractivity contribution in [3.63, 3.8) is 0 Å². The Bertz CT molecular complexity index is 139. The Morgan fingerprint density at radius 1 is 1.21 bits per heavy atom. The van der Waals surface area contributed by atoms with Crippen molar-refractivity contribution in [3.8, 4) is 0 Å². The Balaban J connectivity index is 3.37. The van der Waals surface area contributed by atoms with Crippen molar-refractivity contribution >= 4 is 0 Å². The molecule has 1 unspecified atom stereocenters. The smallest absolute Gasteiger partial charge is 0.0644 e. The zero-order valence-corrected chi connectivity index (χ0v) is 9.71. The molecule has 0 rings (SSSR count). The molecule has 0 spiro atoms. The van der Waals surface area contributed by atoms with E-state index in [2.05, 4.69) is 0 Å². The van der Waals surface area contributed by atoms with Gasteiger partial charge >= 0.3 is 0 Å². The van der Waals surface area contributed by atoms with E-state index in [9.17, 15) is 0 Å². The van der Waals surface area contributed by atoms with Crippen molar-refractivity contribution in [1.29, 1.82) is 0 Å². The van der Waals surface area contributed by atoms with Gasteiger partial charge in [-0.25, -0.2) is 0 Å². The molecule has 1 atom stereocenters. The molecular weight excluding hydrogens is 182 g/mol. The van der Waals surface area contributed by atoms with E-state index in [1.807, 2.05) is 13.8 Å². The van der Waals surface area contributed by atoms with E-state index in [4.69, 9.17) is 19.9 Å². The Morgan fingerprint density at radius 2 is 1.86 bits per heavy atom. The van der Waals surface area contributed by atoms with Crippen molar-refractivity contribution in [1.82, 2.24) is 0 Å². The van der Waals surface area contributed by atoms with E-state index in [-0.39, 0.29) is 11.6 Å². The fourth-order valence-corrected chi connectivity index (χ4v) is 0.917. The normalized spacial score (nSPS) is 14.4. The van der Waals surface area contributed by atoms with Crippen LogP contribution in [0.1, 0.15) is 20.3 Å². The third-order valence-corrected chi connectivity index (χ3v) is 2.11. The van der Waals surface area contributed by atoms with Gasteiger partial charge in [0.25, 0.3) is 0 Å². The van der Waals surface area contributed by atoms with Crippen LogP contribution in [0, 0.1) is 0 Å². The maximum absolute atomic E-state index is 5.69. The molecule has 0 heterocycles. The molecule has 0 saturated heterocycles. The Kier molecular flexibility index (Phi) is 7.09. The summed E-state index contributed by atoms with van der Waals surface area (Å²) < 4.78 is 15.5. The molecule has 0 fully saturated rings. The van der Waals surface area contributed by atoms with Gasteiger partial charge in [0.2, 0.25) is 0 Å². The predicted octanol–water partition coefficient (Wildman–Crippen LogP) is 0.792. The van der Waals surface area contributed by atoms with Crippen LogP contribution in [-0.4, -0.2) is 45.7 Å². The second kappa shape index (κ2) is 7.17. The quantitative estimate of drug-likeness (QED) is 0.595. The summed E-state index contributed by atoms with van der Waals surface area (Å²) in [5.74, 6) is 0. The summed E-state index contributed by atoms with van der Waals surface area (Å²) in [5.41, 5.74) is 5.57. The molecule has 86 valence electrons. The number of hydrogen-bond donors (Lipinski definition) is 1. The highest BCUT2D eigenvalue weighted by Crippen LogP contribution is 2.12. The second-order valence-corrected chi connectivity index (χ2v) is 4.00. The van der Waals surface area contributed by atoms with Crippen LogP contribution in [0.5, 0.6) is 0 Å². The first-order valence-corrected chi connectivity index (χ1v) is 4.89. The lowest BCUT2D eigenvalue weighted by Crippen LogP contribution is -2.32. The molecule has 0 radical (unpaired) electrons. The van der Waals surface area contributed by atoms with Crippen LogP contribution in [0.2, 0.25) is 0 Å². The molecule has 0 aromatic carbocycles. The lowest BCUT2D eigenvalue weighted by molar-refractivity contribution is -0.0134. The second-order valence-electron chi connectivity index (χ2n) is 4.00. The van der Waals surface area contributed by atoms with Crippen molar-refractivity contribution in [2.45, 2.75) is 31.9 Å². The SMILES string of the molecule is COCC(N)COCCC(C)(C)OC. The van der Waals surface area contributed by atoms with Crippen LogP contribution >= 0.6 is 0 Å². The van der Waals surface area contributed by atoms with Gasteiger partial charge in [-0.15, -0.1) is 0 Å². The van der Waals surface area contributed by atoms with Gasteiger partial charge in [0.15, 0.2) is 0 Å². The fourth-order valence-electron chi connectivity index (χ4n) is 0.917. The first-order chi connectivity index (χ1) is 6.52. The van der Waals surface area contributed by atoms with E-state index >= 15 is 0 Å². The van der Waals surface area contributed by atoms with Crippen molar-refractivity contribution in [2.75, 3.05) is 34.0 Å². The highest BCUT2D eigenvalue weighted by atomic mass is 16.5. The highest BCUT2D eigenvalue weighted by Gasteiger charge is 2.15. The summed E-state index contributed by atoms with van der Waals surface area (Å²) in [6, 6.07) is -0.0364. The Labute approximate surface area is 86.7 Å².